The van der Waals surface area contributed by atoms with Gasteiger partial charge in [-0.15, -0.1) is 0 Å². The monoisotopic (exact) mass is 330 g/mol. The Bertz CT molecular complexity index is 360. The standard InChI is InChI=1S/C17H34N2O4/c1-13(2)14(10-18-15(21)23-16(3,4)5)11-19-17(12-20)6-8-22-9-7-17/h13-14,19-20H,6-12H2,1-5H3,(H,18,21). The molecule has 0 radical (unpaired) electrons. The van der Waals surface area contributed by atoms with Crippen molar-refractivity contribution in [3.05, 3.63) is 0 Å². The maximum absolute atomic E-state index is 11.8. The van der Waals surface area contributed by atoms with E-state index in [4.69, 9.17) is 9.47 Å². The molecule has 1 atom stereocenters. The van der Waals surface area contributed by atoms with Crippen molar-refractivity contribution in [3.8, 4) is 0 Å². The largest absolute Gasteiger partial charge is 0.444 e. The number of nitrogens with one attached hydrogen (secondary N) is 2. The molecule has 0 aliphatic carbocycles. The molecule has 6 heteroatoms. The first-order valence-electron chi connectivity index (χ1n) is 8.58. The molecule has 1 saturated heterocycles. The van der Waals surface area contributed by atoms with Crippen molar-refractivity contribution in [3.63, 3.8) is 0 Å². The lowest BCUT2D eigenvalue weighted by Gasteiger charge is -2.38. The molecule has 1 heterocycles. The maximum atomic E-state index is 11.8. The fourth-order valence-electron chi connectivity index (χ4n) is 2.57. The van der Waals surface area contributed by atoms with Crippen LogP contribution >= 0.6 is 0 Å². The van der Waals surface area contributed by atoms with Crippen molar-refractivity contribution in [2.45, 2.75) is 58.6 Å². The molecule has 1 rings (SSSR count). The van der Waals surface area contributed by atoms with E-state index in [1.807, 2.05) is 20.8 Å². The topological polar surface area (TPSA) is 79.8 Å². The molecule has 23 heavy (non-hydrogen) atoms. The molecule has 0 aromatic heterocycles. The van der Waals surface area contributed by atoms with Crippen LogP contribution < -0.4 is 10.6 Å². The molecular weight excluding hydrogens is 296 g/mol. The van der Waals surface area contributed by atoms with E-state index in [2.05, 4.69) is 24.5 Å². The van der Waals surface area contributed by atoms with Crippen LogP contribution in [-0.2, 0) is 9.47 Å². The molecule has 0 aromatic rings. The number of rotatable bonds is 7. The van der Waals surface area contributed by atoms with E-state index in [9.17, 15) is 9.90 Å². The molecule has 1 unspecified atom stereocenters. The fourth-order valence-corrected chi connectivity index (χ4v) is 2.57. The highest BCUT2D eigenvalue weighted by Crippen LogP contribution is 2.21. The van der Waals surface area contributed by atoms with Crippen molar-refractivity contribution in [2.75, 3.05) is 32.9 Å². The van der Waals surface area contributed by atoms with E-state index in [0.29, 0.717) is 25.7 Å². The highest BCUT2D eigenvalue weighted by atomic mass is 16.6. The van der Waals surface area contributed by atoms with E-state index in [0.717, 1.165) is 19.4 Å². The summed E-state index contributed by atoms with van der Waals surface area (Å²) in [6.45, 7) is 12.6. The third-order valence-corrected chi connectivity index (χ3v) is 4.34. The van der Waals surface area contributed by atoms with Crippen LogP contribution in [0.15, 0.2) is 0 Å². The van der Waals surface area contributed by atoms with E-state index < -0.39 is 5.60 Å². The zero-order chi connectivity index (χ0) is 17.5. The quantitative estimate of drug-likeness (QED) is 0.664. The molecule has 6 nitrogen and oxygen atoms in total. The van der Waals surface area contributed by atoms with Gasteiger partial charge in [-0.25, -0.2) is 4.79 Å². The lowest BCUT2D eigenvalue weighted by atomic mass is 9.88. The van der Waals surface area contributed by atoms with E-state index >= 15 is 0 Å². The summed E-state index contributed by atoms with van der Waals surface area (Å²) >= 11 is 0. The van der Waals surface area contributed by atoms with Gasteiger partial charge in [0.1, 0.15) is 5.60 Å². The normalized spacial score (nSPS) is 19.4. The Balaban J connectivity index is 2.47. The summed E-state index contributed by atoms with van der Waals surface area (Å²) in [7, 11) is 0. The van der Waals surface area contributed by atoms with Gasteiger partial charge in [0.25, 0.3) is 0 Å². The third-order valence-electron chi connectivity index (χ3n) is 4.34. The summed E-state index contributed by atoms with van der Waals surface area (Å²) < 4.78 is 10.7. The van der Waals surface area contributed by atoms with Gasteiger partial charge in [-0.05, 0) is 45.4 Å². The highest BCUT2D eigenvalue weighted by Gasteiger charge is 2.32. The van der Waals surface area contributed by atoms with Gasteiger partial charge in [0.05, 0.1) is 6.61 Å². The van der Waals surface area contributed by atoms with Crippen molar-refractivity contribution < 1.29 is 19.4 Å². The van der Waals surface area contributed by atoms with Crippen LogP contribution in [0.25, 0.3) is 0 Å². The Morgan fingerprint density at radius 2 is 1.87 bits per heavy atom. The Labute approximate surface area is 140 Å². The number of carbonyl (C=O) groups excluding carboxylic acids is 1. The summed E-state index contributed by atoms with van der Waals surface area (Å²) in [4.78, 5) is 11.8. The predicted molar refractivity (Wildman–Crippen MR) is 90.4 cm³/mol. The molecular formula is C17H34N2O4. The molecule has 0 spiro atoms. The van der Waals surface area contributed by atoms with E-state index in [1.165, 1.54) is 0 Å². The van der Waals surface area contributed by atoms with Gasteiger partial charge in [0, 0.05) is 31.8 Å². The number of alkyl carbamates (subject to hydrolysis) is 1. The average molecular weight is 330 g/mol. The zero-order valence-corrected chi connectivity index (χ0v) is 15.3. The minimum atomic E-state index is -0.487. The Morgan fingerprint density at radius 3 is 2.35 bits per heavy atom. The first kappa shape index (κ1) is 20.2. The van der Waals surface area contributed by atoms with Crippen molar-refractivity contribution in [2.24, 2.45) is 11.8 Å². The summed E-state index contributed by atoms with van der Waals surface area (Å²) in [5.74, 6) is 0.682. The van der Waals surface area contributed by atoms with Gasteiger partial charge in [-0.3, -0.25) is 0 Å². The van der Waals surface area contributed by atoms with E-state index in [-0.39, 0.29) is 24.2 Å². The van der Waals surface area contributed by atoms with Crippen LogP contribution in [0.1, 0.15) is 47.5 Å². The Morgan fingerprint density at radius 1 is 1.26 bits per heavy atom. The summed E-state index contributed by atoms with van der Waals surface area (Å²) in [6.07, 6.45) is 1.24. The minimum Gasteiger partial charge on any atom is -0.444 e. The number of aliphatic hydroxyl groups is 1. The molecule has 1 amide bonds. The Kier molecular flexibility index (Phi) is 7.77. The summed E-state index contributed by atoms with van der Waals surface area (Å²) in [5, 5.41) is 16.1. The first-order valence-corrected chi connectivity index (χ1v) is 8.58. The fraction of sp³-hybridized carbons (Fsp3) is 0.941. The molecule has 1 aliphatic rings. The van der Waals surface area contributed by atoms with Crippen LogP contribution in [0.4, 0.5) is 4.79 Å². The van der Waals surface area contributed by atoms with Gasteiger partial charge < -0.3 is 25.2 Å². The number of amides is 1. The first-order chi connectivity index (χ1) is 10.7. The van der Waals surface area contributed by atoms with Crippen molar-refractivity contribution in [1.29, 1.82) is 0 Å². The van der Waals surface area contributed by atoms with Gasteiger partial charge in [-0.2, -0.15) is 0 Å². The molecule has 3 N–H and O–H groups in total. The number of ether oxygens (including phenoxy) is 2. The minimum absolute atomic E-state index is 0.112. The van der Waals surface area contributed by atoms with Crippen LogP contribution in [0.5, 0.6) is 0 Å². The number of carbonyl (C=O) groups is 1. The molecule has 0 bridgehead atoms. The van der Waals surface area contributed by atoms with Gasteiger partial charge in [0.15, 0.2) is 0 Å². The SMILES string of the molecule is CC(C)C(CNC(=O)OC(C)(C)C)CNC1(CO)CCOCC1. The molecule has 1 aliphatic heterocycles. The molecule has 0 saturated carbocycles. The second-order valence-corrected chi connectivity index (χ2v) is 7.82. The smallest absolute Gasteiger partial charge is 0.407 e. The zero-order valence-electron chi connectivity index (χ0n) is 15.3. The van der Waals surface area contributed by atoms with Gasteiger partial charge >= 0.3 is 6.09 Å². The van der Waals surface area contributed by atoms with Crippen LogP contribution in [-0.4, -0.2) is 55.2 Å². The maximum Gasteiger partial charge on any atom is 0.407 e. The third kappa shape index (κ3) is 7.50. The van der Waals surface area contributed by atoms with Crippen LogP contribution in [0.2, 0.25) is 0 Å². The number of hydrogen-bond acceptors (Lipinski definition) is 5. The summed E-state index contributed by atoms with van der Waals surface area (Å²) in [6, 6.07) is 0. The van der Waals surface area contributed by atoms with Gasteiger partial charge in [-0.1, -0.05) is 13.8 Å². The van der Waals surface area contributed by atoms with Crippen molar-refractivity contribution >= 4 is 6.09 Å². The lowest BCUT2D eigenvalue weighted by Crippen LogP contribution is -2.54. The summed E-state index contributed by atoms with van der Waals surface area (Å²) in [5.41, 5.74) is -0.740. The Hall–Kier alpha value is -0.850. The van der Waals surface area contributed by atoms with Crippen LogP contribution in [0, 0.1) is 11.8 Å². The van der Waals surface area contributed by atoms with Gasteiger partial charge in [0.2, 0.25) is 0 Å². The van der Waals surface area contributed by atoms with Crippen LogP contribution in [0.3, 0.4) is 0 Å². The number of aliphatic hydroxyl groups excluding tert-OH is 1. The number of hydrogen-bond donors (Lipinski definition) is 3. The van der Waals surface area contributed by atoms with E-state index in [1.54, 1.807) is 0 Å². The second kappa shape index (κ2) is 8.85. The molecule has 1 fully saturated rings. The predicted octanol–water partition coefficient (Wildman–Crippen LogP) is 1.91. The lowest BCUT2D eigenvalue weighted by molar-refractivity contribution is 0.00931. The second-order valence-electron chi connectivity index (χ2n) is 7.82. The van der Waals surface area contributed by atoms with Crippen molar-refractivity contribution in [1.82, 2.24) is 10.6 Å². The molecule has 136 valence electrons. The average Bonchev–Trinajstić information content (AvgIpc) is 2.46. The molecule has 0 aromatic carbocycles. The highest BCUT2D eigenvalue weighted by molar-refractivity contribution is 5.67.